The van der Waals surface area contributed by atoms with Crippen LogP contribution in [0.5, 0.6) is 5.75 Å². The summed E-state index contributed by atoms with van der Waals surface area (Å²) in [6, 6.07) is 11.2. The maximum Gasteiger partial charge on any atom is 0.252 e. The fraction of sp³-hybridized carbons (Fsp3) is 0.385. The highest BCUT2D eigenvalue weighted by Crippen LogP contribution is 2.37. The van der Waals surface area contributed by atoms with Crippen molar-refractivity contribution < 1.29 is 18.7 Å². The lowest BCUT2D eigenvalue weighted by Crippen LogP contribution is -2.27. The summed E-state index contributed by atoms with van der Waals surface area (Å²) in [6.45, 7) is 7.11. The first-order chi connectivity index (χ1) is 15.8. The molecule has 0 radical (unpaired) electrons. The molecule has 7 heteroatoms. The van der Waals surface area contributed by atoms with Crippen LogP contribution in [0, 0.1) is 11.2 Å². The van der Waals surface area contributed by atoms with Crippen molar-refractivity contribution in [2.75, 3.05) is 20.3 Å². The number of methoxy groups -OCH3 is 1. The quantitative estimate of drug-likeness (QED) is 0.402. The third-order valence-electron chi connectivity index (χ3n) is 6.39. The summed E-state index contributed by atoms with van der Waals surface area (Å²) in [5.74, 6) is 0.0776. The average Bonchev–Trinajstić information content (AvgIpc) is 3.38. The van der Waals surface area contributed by atoms with E-state index in [0.717, 1.165) is 59.2 Å². The molecule has 5 rings (SSSR count). The zero-order chi connectivity index (χ0) is 23.3. The molecule has 1 aliphatic heterocycles. The van der Waals surface area contributed by atoms with Crippen LogP contribution in [0.4, 0.5) is 4.39 Å². The summed E-state index contributed by atoms with van der Waals surface area (Å²) in [4.78, 5) is 13.0. The highest BCUT2D eigenvalue weighted by atomic mass is 19.1. The minimum Gasteiger partial charge on any atom is -0.494 e. The number of aromatic nitrogens is 3. The van der Waals surface area contributed by atoms with Crippen LogP contribution < -0.4 is 4.74 Å². The Bertz CT molecular complexity index is 1360. The molecule has 0 atom stereocenters. The SMILES string of the molecule is COc1cc(-n2c(C3CCOCC3)cc3cc4c(cnn4C(=O)C(C)(C)C)cc32)ccc1F. The smallest absolute Gasteiger partial charge is 0.252 e. The van der Waals surface area contributed by atoms with Crippen LogP contribution in [0.15, 0.2) is 42.6 Å². The zero-order valence-corrected chi connectivity index (χ0v) is 19.4. The van der Waals surface area contributed by atoms with E-state index in [1.807, 2.05) is 26.8 Å². The molecule has 1 fully saturated rings. The second-order valence-corrected chi connectivity index (χ2v) is 9.69. The Morgan fingerprint density at radius 1 is 1.09 bits per heavy atom. The third kappa shape index (κ3) is 3.70. The van der Waals surface area contributed by atoms with Crippen LogP contribution in [0.2, 0.25) is 0 Å². The van der Waals surface area contributed by atoms with Gasteiger partial charge in [-0.1, -0.05) is 20.8 Å². The molecule has 0 unspecified atom stereocenters. The molecule has 2 aromatic carbocycles. The molecule has 0 amide bonds. The molecule has 0 aliphatic carbocycles. The van der Waals surface area contributed by atoms with Crippen LogP contribution in [0.3, 0.4) is 0 Å². The molecular formula is C26H28FN3O3. The van der Waals surface area contributed by atoms with Gasteiger partial charge in [-0.15, -0.1) is 0 Å². The molecule has 0 spiro atoms. The van der Waals surface area contributed by atoms with E-state index in [2.05, 4.69) is 21.8 Å². The van der Waals surface area contributed by atoms with Crippen molar-refractivity contribution in [3.05, 3.63) is 54.1 Å². The molecule has 1 saturated heterocycles. The monoisotopic (exact) mass is 449 g/mol. The van der Waals surface area contributed by atoms with Gasteiger partial charge in [-0.25, -0.2) is 4.39 Å². The van der Waals surface area contributed by atoms with Gasteiger partial charge in [0.05, 0.1) is 24.3 Å². The van der Waals surface area contributed by atoms with Gasteiger partial charge in [-0.05, 0) is 43.2 Å². The summed E-state index contributed by atoms with van der Waals surface area (Å²) in [7, 11) is 1.47. The molecule has 6 nitrogen and oxygen atoms in total. The lowest BCUT2D eigenvalue weighted by atomic mass is 9.95. The second kappa shape index (κ2) is 7.99. The molecule has 2 aromatic heterocycles. The predicted octanol–water partition coefficient (Wildman–Crippen LogP) is 5.71. The number of carbonyl (C=O) groups is 1. The Morgan fingerprint density at radius 3 is 2.52 bits per heavy atom. The fourth-order valence-electron chi connectivity index (χ4n) is 4.60. The minimum absolute atomic E-state index is 0.0517. The number of fused-ring (bicyclic) bond motifs is 2. The number of carbonyl (C=O) groups excluding carboxylic acids is 1. The molecule has 3 heterocycles. The van der Waals surface area contributed by atoms with Gasteiger partial charge in [0.2, 0.25) is 0 Å². The van der Waals surface area contributed by atoms with Gasteiger partial charge in [0.1, 0.15) is 0 Å². The molecule has 33 heavy (non-hydrogen) atoms. The summed E-state index contributed by atoms with van der Waals surface area (Å²) in [5, 5.41) is 6.28. The molecule has 0 N–H and O–H groups in total. The third-order valence-corrected chi connectivity index (χ3v) is 6.39. The lowest BCUT2D eigenvalue weighted by molar-refractivity contribution is 0.0755. The van der Waals surface area contributed by atoms with Gasteiger partial charge in [-0.3, -0.25) is 4.79 Å². The minimum atomic E-state index is -0.544. The van der Waals surface area contributed by atoms with Gasteiger partial charge in [-0.2, -0.15) is 9.78 Å². The molecular weight excluding hydrogens is 421 g/mol. The molecule has 1 aliphatic rings. The zero-order valence-electron chi connectivity index (χ0n) is 19.4. The van der Waals surface area contributed by atoms with Crippen molar-refractivity contribution in [2.45, 2.75) is 39.5 Å². The van der Waals surface area contributed by atoms with E-state index in [9.17, 15) is 9.18 Å². The van der Waals surface area contributed by atoms with Crippen LogP contribution in [0.25, 0.3) is 27.5 Å². The number of benzene rings is 2. The normalized spacial score (nSPS) is 15.4. The van der Waals surface area contributed by atoms with Crippen molar-refractivity contribution in [3.8, 4) is 11.4 Å². The Balaban J connectivity index is 1.75. The molecule has 0 saturated carbocycles. The highest BCUT2D eigenvalue weighted by Gasteiger charge is 2.27. The van der Waals surface area contributed by atoms with E-state index < -0.39 is 11.2 Å². The topological polar surface area (TPSA) is 58.3 Å². The predicted molar refractivity (Wildman–Crippen MR) is 126 cm³/mol. The van der Waals surface area contributed by atoms with Gasteiger partial charge in [0.25, 0.3) is 5.91 Å². The van der Waals surface area contributed by atoms with Gasteiger partial charge < -0.3 is 14.0 Å². The van der Waals surface area contributed by atoms with Crippen LogP contribution in [-0.4, -0.2) is 40.6 Å². The maximum absolute atomic E-state index is 14.2. The van der Waals surface area contributed by atoms with E-state index >= 15 is 0 Å². The van der Waals surface area contributed by atoms with Crippen molar-refractivity contribution >= 4 is 27.7 Å². The lowest BCUT2D eigenvalue weighted by Gasteiger charge is -2.24. The maximum atomic E-state index is 14.2. The van der Waals surface area contributed by atoms with Gasteiger partial charge in [0, 0.05) is 52.8 Å². The van der Waals surface area contributed by atoms with Crippen LogP contribution in [0.1, 0.15) is 50.0 Å². The van der Waals surface area contributed by atoms with E-state index in [1.165, 1.54) is 17.9 Å². The van der Waals surface area contributed by atoms with Crippen LogP contribution >= 0.6 is 0 Å². The Kier molecular flexibility index (Phi) is 5.24. The van der Waals surface area contributed by atoms with Crippen molar-refractivity contribution in [2.24, 2.45) is 5.41 Å². The Hall–Kier alpha value is -3.19. The van der Waals surface area contributed by atoms with E-state index in [1.54, 1.807) is 18.3 Å². The Labute approximate surface area is 191 Å². The van der Waals surface area contributed by atoms with Crippen molar-refractivity contribution in [1.29, 1.82) is 0 Å². The van der Waals surface area contributed by atoms with Crippen LogP contribution in [-0.2, 0) is 4.74 Å². The summed E-state index contributed by atoms with van der Waals surface area (Å²) in [6.07, 6.45) is 3.57. The molecule has 0 bridgehead atoms. The van der Waals surface area contributed by atoms with Gasteiger partial charge >= 0.3 is 0 Å². The number of rotatable bonds is 3. The number of halogens is 1. The van der Waals surface area contributed by atoms with E-state index in [0.29, 0.717) is 5.92 Å². The first-order valence-corrected chi connectivity index (χ1v) is 11.3. The standard InChI is InChI=1S/C26H28FN3O3/c1-26(2,3)25(31)30-23-12-17-11-21(16-7-9-33-10-8-16)29(22(17)13-18(23)15-28-30)19-5-6-20(27)24(14-19)32-4/h5-6,11-16H,7-10H2,1-4H3. The van der Waals surface area contributed by atoms with E-state index in [4.69, 9.17) is 9.47 Å². The summed E-state index contributed by atoms with van der Waals surface area (Å²) in [5.41, 5.74) is 3.21. The van der Waals surface area contributed by atoms with Gasteiger partial charge in [0.15, 0.2) is 11.6 Å². The molecule has 4 aromatic rings. The average molecular weight is 450 g/mol. The summed E-state index contributed by atoms with van der Waals surface area (Å²) >= 11 is 0. The second-order valence-electron chi connectivity index (χ2n) is 9.69. The first-order valence-electron chi connectivity index (χ1n) is 11.3. The summed E-state index contributed by atoms with van der Waals surface area (Å²) < 4.78 is 28.7. The van der Waals surface area contributed by atoms with Crippen molar-refractivity contribution in [3.63, 3.8) is 0 Å². The molecule has 172 valence electrons. The number of hydrogen-bond donors (Lipinski definition) is 0. The highest BCUT2D eigenvalue weighted by molar-refractivity contribution is 6.01. The fourth-order valence-corrected chi connectivity index (χ4v) is 4.60. The number of hydrogen-bond acceptors (Lipinski definition) is 4. The number of nitrogens with zero attached hydrogens (tertiary/aromatic N) is 3. The first kappa shape index (κ1) is 21.6. The largest absolute Gasteiger partial charge is 0.494 e. The Morgan fingerprint density at radius 2 is 1.82 bits per heavy atom. The van der Waals surface area contributed by atoms with Crippen molar-refractivity contribution in [1.82, 2.24) is 14.3 Å². The number of ether oxygens (including phenoxy) is 2. The van der Waals surface area contributed by atoms with E-state index in [-0.39, 0.29) is 11.7 Å².